The number of nitrogens with one attached hydrogen (secondary N) is 2. The Hall–Kier alpha value is -3.35. The molecule has 6 nitrogen and oxygen atoms in total. The summed E-state index contributed by atoms with van der Waals surface area (Å²) in [5.74, 6) is 0.587. The van der Waals surface area contributed by atoms with Gasteiger partial charge in [0.05, 0.1) is 12.8 Å². The zero-order valence-electron chi connectivity index (χ0n) is 17.8. The number of aromatic amines is 1. The van der Waals surface area contributed by atoms with Crippen LogP contribution in [-0.2, 0) is 17.8 Å². The van der Waals surface area contributed by atoms with Gasteiger partial charge in [0, 0.05) is 23.5 Å². The number of fused-ring (bicyclic) bond motifs is 1. The highest BCUT2D eigenvalue weighted by Crippen LogP contribution is 2.34. The summed E-state index contributed by atoms with van der Waals surface area (Å²) < 4.78 is 9.59. The summed E-state index contributed by atoms with van der Waals surface area (Å²) in [6.45, 7) is 0.397. The van der Waals surface area contributed by atoms with Crippen LogP contribution in [0.4, 0.5) is 5.69 Å². The molecule has 0 unspecified atom stereocenters. The van der Waals surface area contributed by atoms with Gasteiger partial charge in [-0.1, -0.05) is 59.6 Å². The molecule has 8 heteroatoms. The van der Waals surface area contributed by atoms with Gasteiger partial charge in [0.2, 0.25) is 0 Å². The summed E-state index contributed by atoms with van der Waals surface area (Å²) in [5, 5.41) is 13.1. The van der Waals surface area contributed by atoms with Crippen molar-refractivity contribution in [3.63, 3.8) is 0 Å². The number of phenolic OH excluding ortho intramolecular Hbond substituents is 1. The molecule has 0 spiro atoms. The van der Waals surface area contributed by atoms with E-state index >= 15 is 0 Å². The van der Waals surface area contributed by atoms with Gasteiger partial charge in [-0.25, -0.2) is 0 Å². The summed E-state index contributed by atoms with van der Waals surface area (Å²) in [7, 11) is 1.54. The van der Waals surface area contributed by atoms with Crippen LogP contribution in [0.25, 0.3) is 10.9 Å². The molecule has 1 aromatic heterocycles. The van der Waals surface area contributed by atoms with E-state index in [1.54, 1.807) is 49.7 Å². The fraction of sp³-hybridized carbons (Fsp3) is 0.160. The van der Waals surface area contributed by atoms with Crippen LogP contribution in [-0.4, -0.2) is 27.4 Å². The van der Waals surface area contributed by atoms with Gasteiger partial charge in [-0.05, 0) is 41.5 Å². The second kappa shape index (κ2) is 9.65. The van der Waals surface area contributed by atoms with E-state index in [-0.39, 0.29) is 12.2 Å². The van der Waals surface area contributed by atoms with Crippen LogP contribution in [0.1, 0.15) is 11.1 Å². The number of H-pyrrole nitrogens is 1. The van der Waals surface area contributed by atoms with E-state index in [1.165, 1.54) is 0 Å². The molecular weight excluding hydrogens is 463 g/mol. The third-order valence-corrected chi connectivity index (χ3v) is 5.75. The van der Waals surface area contributed by atoms with Crippen molar-refractivity contribution < 1.29 is 19.4 Å². The zero-order valence-corrected chi connectivity index (χ0v) is 19.3. The molecule has 0 aliphatic rings. The first-order valence-corrected chi connectivity index (χ1v) is 10.9. The minimum absolute atomic E-state index is 0.0465. The third-order valence-electron chi connectivity index (χ3n) is 5.14. The van der Waals surface area contributed by atoms with Gasteiger partial charge in [-0.2, -0.15) is 0 Å². The van der Waals surface area contributed by atoms with Crippen molar-refractivity contribution in [2.24, 2.45) is 0 Å². The van der Waals surface area contributed by atoms with Gasteiger partial charge in [0.1, 0.15) is 12.4 Å². The molecule has 0 aliphatic carbocycles. The number of methoxy groups -OCH3 is 1. The highest BCUT2D eigenvalue weighted by atomic mass is 35.5. The van der Waals surface area contributed by atoms with Crippen molar-refractivity contribution in [3.05, 3.63) is 84.1 Å². The first-order valence-electron chi connectivity index (χ1n) is 10.2. The van der Waals surface area contributed by atoms with Gasteiger partial charge >= 0.3 is 0 Å². The lowest BCUT2D eigenvalue weighted by Crippen LogP contribution is -2.34. The van der Waals surface area contributed by atoms with Gasteiger partial charge in [-0.3, -0.25) is 4.79 Å². The number of rotatable bonds is 8. The molecule has 0 saturated heterocycles. The molecule has 1 amide bonds. The predicted octanol–water partition coefficient (Wildman–Crippen LogP) is 5.82. The molecule has 0 radical (unpaired) electrons. The number of aromatic hydroxyl groups is 1. The highest BCUT2D eigenvalue weighted by Gasteiger charge is 2.34. The maximum atomic E-state index is 12.8. The number of ether oxygens (including phenoxy) is 2. The number of halogens is 2. The second-order valence-corrected chi connectivity index (χ2v) is 9.01. The van der Waals surface area contributed by atoms with Crippen molar-refractivity contribution in [3.8, 4) is 17.2 Å². The molecule has 33 heavy (non-hydrogen) atoms. The van der Waals surface area contributed by atoms with E-state index in [0.717, 1.165) is 11.1 Å². The molecule has 170 valence electrons. The minimum Gasteiger partial charge on any atom is -0.508 e. The molecular formula is C25H22Cl2N2O4. The number of aromatic nitrogens is 1. The van der Waals surface area contributed by atoms with Crippen molar-refractivity contribution in [2.45, 2.75) is 17.4 Å². The molecule has 3 N–H and O–H groups in total. The summed E-state index contributed by atoms with van der Waals surface area (Å²) in [6.07, 6.45) is 1.67. The largest absolute Gasteiger partial charge is 0.508 e. The number of carbonyl (C=O) groups is 1. The quantitative estimate of drug-likeness (QED) is 0.275. The van der Waals surface area contributed by atoms with Crippen molar-refractivity contribution in [2.75, 3.05) is 12.4 Å². The molecule has 0 bridgehead atoms. The summed E-state index contributed by atoms with van der Waals surface area (Å²) >= 11 is 12.8. The molecule has 0 aliphatic heterocycles. The topological polar surface area (TPSA) is 83.6 Å². The standard InChI is InChI=1S/C25H22Cl2N2O4/c1-32-23-11-17(7-10-22(23)33-15-16-5-3-2-4-6-16)13-25(26,27)24(31)29-21-14-28-20-9-8-18(30)12-19(20)21/h2-12,14,28,30H,13,15H2,1H3,(H,29,31). The second-order valence-electron chi connectivity index (χ2n) is 7.53. The number of carbonyl (C=O) groups excluding carboxylic acids is 1. The third kappa shape index (κ3) is 5.35. The Morgan fingerprint density at radius 2 is 1.82 bits per heavy atom. The molecule has 3 aromatic carbocycles. The monoisotopic (exact) mass is 484 g/mol. The van der Waals surface area contributed by atoms with Crippen LogP contribution in [0.2, 0.25) is 0 Å². The Morgan fingerprint density at radius 1 is 1.03 bits per heavy atom. The molecule has 4 aromatic rings. The van der Waals surface area contributed by atoms with E-state index in [4.69, 9.17) is 32.7 Å². The molecule has 4 rings (SSSR count). The lowest BCUT2D eigenvalue weighted by molar-refractivity contribution is -0.116. The van der Waals surface area contributed by atoms with Gasteiger partial charge in [0.25, 0.3) is 5.91 Å². The normalized spacial score (nSPS) is 11.4. The minimum atomic E-state index is -1.74. The molecule has 0 atom stereocenters. The average molecular weight is 485 g/mol. The Morgan fingerprint density at radius 3 is 2.58 bits per heavy atom. The summed E-state index contributed by atoms with van der Waals surface area (Å²) in [4.78, 5) is 15.9. The number of hydrogen-bond donors (Lipinski definition) is 3. The zero-order chi connectivity index (χ0) is 23.4. The van der Waals surface area contributed by atoms with Crippen molar-refractivity contribution in [1.82, 2.24) is 4.98 Å². The Balaban J connectivity index is 1.46. The SMILES string of the molecule is COc1cc(CC(Cl)(Cl)C(=O)Nc2c[nH]c3ccc(O)cc23)ccc1OCc1ccccc1. The average Bonchev–Trinajstić information content (AvgIpc) is 3.20. The number of anilines is 1. The van der Waals surface area contributed by atoms with Gasteiger partial charge < -0.3 is 24.9 Å². The highest BCUT2D eigenvalue weighted by molar-refractivity contribution is 6.59. The smallest absolute Gasteiger partial charge is 0.261 e. The summed E-state index contributed by atoms with van der Waals surface area (Å²) in [5.41, 5.74) is 2.97. The van der Waals surface area contributed by atoms with E-state index < -0.39 is 10.2 Å². The first kappa shape index (κ1) is 22.8. The van der Waals surface area contributed by atoms with E-state index in [1.807, 2.05) is 30.3 Å². The summed E-state index contributed by atoms with van der Waals surface area (Å²) in [6, 6.07) is 19.9. The van der Waals surface area contributed by atoms with Gasteiger partial charge in [-0.15, -0.1) is 0 Å². The number of alkyl halides is 2. The van der Waals surface area contributed by atoms with Crippen LogP contribution in [0, 0.1) is 0 Å². The van der Waals surface area contributed by atoms with E-state index in [2.05, 4.69) is 10.3 Å². The van der Waals surface area contributed by atoms with Crippen LogP contribution in [0.3, 0.4) is 0 Å². The van der Waals surface area contributed by atoms with Crippen LogP contribution in [0.15, 0.2) is 72.9 Å². The van der Waals surface area contributed by atoms with Crippen molar-refractivity contribution >= 4 is 45.7 Å². The lowest BCUT2D eigenvalue weighted by Gasteiger charge is -2.20. The first-order chi connectivity index (χ1) is 15.9. The fourth-order valence-electron chi connectivity index (χ4n) is 3.44. The van der Waals surface area contributed by atoms with E-state index in [9.17, 15) is 9.90 Å². The Kier molecular flexibility index (Phi) is 6.67. The maximum absolute atomic E-state index is 12.8. The van der Waals surface area contributed by atoms with Crippen molar-refractivity contribution in [1.29, 1.82) is 0 Å². The lowest BCUT2D eigenvalue weighted by atomic mass is 10.1. The number of hydrogen-bond acceptors (Lipinski definition) is 4. The van der Waals surface area contributed by atoms with Crippen LogP contribution in [0.5, 0.6) is 17.2 Å². The number of benzene rings is 3. The molecule has 0 fully saturated rings. The Bertz CT molecular complexity index is 1270. The predicted molar refractivity (Wildman–Crippen MR) is 131 cm³/mol. The fourth-order valence-corrected chi connectivity index (χ4v) is 3.84. The maximum Gasteiger partial charge on any atom is 0.261 e. The van der Waals surface area contributed by atoms with Crippen LogP contribution < -0.4 is 14.8 Å². The van der Waals surface area contributed by atoms with Crippen LogP contribution >= 0.6 is 23.2 Å². The molecule has 1 heterocycles. The number of amides is 1. The molecule has 0 saturated carbocycles. The van der Waals surface area contributed by atoms with Gasteiger partial charge in [0.15, 0.2) is 15.8 Å². The Labute approximate surface area is 201 Å². The van der Waals surface area contributed by atoms with E-state index in [0.29, 0.717) is 34.7 Å². The number of phenols is 1.